The van der Waals surface area contributed by atoms with Gasteiger partial charge in [-0.1, -0.05) is 0 Å². The minimum absolute atomic E-state index is 0.190. The highest BCUT2D eigenvalue weighted by atomic mass is 16.6. The van der Waals surface area contributed by atoms with Crippen LogP contribution in [0.2, 0.25) is 0 Å². The molecule has 2 aliphatic heterocycles. The summed E-state index contributed by atoms with van der Waals surface area (Å²) >= 11 is 0. The number of Topliss-reactive ketones (excluding diaryl/α,β-unsaturated/α-hetero) is 1. The lowest BCUT2D eigenvalue weighted by Gasteiger charge is -2.20. The summed E-state index contributed by atoms with van der Waals surface area (Å²) in [5.41, 5.74) is 0. The fourth-order valence-electron chi connectivity index (χ4n) is 3.58. The first kappa shape index (κ1) is 15.2. The van der Waals surface area contributed by atoms with Crippen molar-refractivity contribution >= 4 is 11.7 Å². The minimum Gasteiger partial charge on any atom is -0.404 e. The van der Waals surface area contributed by atoms with E-state index in [4.69, 9.17) is 4.42 Å². The van der Waals surface area contributed by atoms with E-state index in [1.54, 1.807) is 13.0 Å². The Bertz CT molecular complexity index is 557. The highest BCUT2D eigenvalue weighted by Gasteiger charge is 2.39. The summed E-state index contributed by atoms with van der Waals surface area (Å²) in [6.07, 6.45) is 0.638. The van der Waals surface area contributed by atoms with E-state index < -0.39 is 4.92 Å². The van der Waals surface area contributed by atoms with Gasteiger partial charge in [-0.3, -0.25) is 19.8 Å². The van der Waals surface area contributed by atoms with Gasteiger partial charge in [0.05, 0.1) is 12.6 Å². The molecule has 2 fully saturated rings. The topological polar surface area (TPSA) is 79.8 Å². The van der Waals surface area contributed by atoms with Crippen LogP contribution in [0, 0.1) is 22.0 Å². The molecule has 7 nitrogen and oxygen atoms in total. The summed E-state index contributed by atoms with van der Waals surface area (Å²) < 4.78 is 5.23. The second kappa shape index (κ2) is 6.18. The highest BCUT2D eigenvalue weighted by molar-refractivity contribution is 5.75. The van der Waals surface area contributed by atoms with Gasteiger partial charge in [-0.2, -0.15) is 0 Å². The van der Waals surface area contributed by atoms with Crippen LogP contribution in [0.25, 0.3) is 0 Å². The van der Waals surface area contributed by atoms with Crippen LogP contribution >= 0.6 is 0 Å². The van der Waals surface area contributed by atoms with Crippen molar-refractivity contribution in [1.29, 1.82) is 0 Å². The zero-order chi connectivity index (χ0) is 15.7. The molecule has 3 rings (SSSR count). The smallest absolute Gasteiger partial charge is 0.404 e. The molecule has 0 saturated carbocycles. The van der Waals surface area contributed by atoms with Crippen LogP contribution in [0.15, 0.2) is 16.5 Å². The summed E-state index contributed by atoms with van der Waals surface area (Å²) in [6, 6.07) is 3.10. The highest BCUT2D eigenvalue weighted by Crippen LogP contribution is 2.32. The Labute approximate surface area is 129 Å². The van der Waals surface area contributed by atoms with Crippen molar-refractivity contribution in [2.45, 2.75) is 19.9 Å². The van der Waals surface area contributed by atoms with Crippen LogP contribution in [0.3, 0.4) is 0 Å². The van der Waals surface area contributed by atoms with Crippen LogP contribution in [0.5, 0.6) is 0 Å². The van der Waals surface area contributed by atoms with E-state index in [2.05, 4.69) is 9.80 Å². The van der Waals surface area contributed by atoms with Crippen LogP contribution in [-0.4, -0.2) is 53.2 Å². The van der Waals surface area contributed by atoms with Crippen LogP contribution < -0.4 is 0 Å². The number of nitrogens with zero attached hydrogens (tertiary/aromatic N) is 3. The Hall–Kier alpha value is -1.73. The van der Waals surface area contributed by atoms with Crippen molar-refractivity contribution < 1.29 is 14.1 Å². The average Bonchev–Trinajstić information content (AvgIpc) is 3.10. The van der Waals surface area contributed by atoms with Crippen LogP contribution in [-0.2, 0) is 11.3 Å². The summed E-state index contributed by atoms with van der Waals surface area (Å²) in [5, 5.41) is 10.6. The molecular weight excluding hydrogens is 286 g/mol. The maximum Gasteiger partial charge on any atom is 0.433 e. The number of likely N-dealkylation sites (tertiary alicyclic amines) is 2. The number of nitro groups is 1. The third kappa shape index (κ3) is 3.36. The number of hydrogen-bond donors (Lipinski definition) is 0. The van der Waals surface area contributed by atoms with E-state index in [9.17, 15) is 14.9 Å². The molecule has 0 radical (unpaired) electrons. The second-order valence-electron chi connectivity index (χ2n) is 6.42. The molecule has 0 bridgehead atoms. The van der Waals surface area contributed by atoms with Crippen molar-refractivity contribution in [3.8, 4) is 0 Å². The van der Waals surface area contributed by atoms with Crippen LogP contribution in [0.1, 0.15) is 19.1 Å². The maximum atomic E-state index is 11.1. The van der Waals surface area contributed by atoms with Gasteiger partial charge in [0.25, 0.3) is 0 Å². The lowest BCUT2D eigenvalue weighted by atomic mass is 10.0. The third-order valence-electron chi connectivity index (χ3n) is 4.62. The van der Waals surface area contributed by atoms with E-state index >= 15 is 0 Å². The van der Waals surface area contributed by atoms with Gasteiger partial charge in [0.15, 0.2) is 0 Å². The monoisotopic (exact) mass is 307 g/mol. The molecule has 1 aromatic heterocycles. The molecule has 7 heteroatoms. The maximum absolute atomic E-state index is 11.1. The van der Waals surface area contributed by atoms with Crippen LogP contribution in [0.4, 0.5) is 5.88 Å². The van der Waals surface area contributed by atoms with E-state index in [0.29, 0.717) is 30.6 Å². The molecule has 22 heavy (non-hydrogen) atoms. The van der Waals surface area contributed by atoms with Gasteiger partial charge in [-0.25, -0.2) is 0 Å². The second-order valence-corrected chi connectivity index (χ2v) is 6.42. The van der Waals surface area contributed by atoms with Gasteiger partial charge in [0.1, 0.15) is 16.5 Å². The lowest BCUT2D eigenvalue weighted by Crippen LogP contribution is -2.29. The molecule has 3 heterocycles. The van der Waals surface area contributed by atoms with Crippen molar-refractivity contribution in [2.75, 3.05) is 32.7 Å². The van der Waals surface area contributed by atoms with Gasteiger partial charge in [-0.05, 0) is 24.8 Å². The van der Waals surface area contributed by atoms with E-state index in [-0.39, 0.29) is 11.7 Å². The number of ketones is 1. The number of carbonyl (C=O) groups is 1. The molecule has 0 spiro atoms. The molecule has 120 valence electrons. The molecule has 0 N–H and O–H groups in total. The van der Waals surface area contributed by atoms with E-state index in [0.717, 1.165) is 32.7 Å². The number of hydrogen-bond acceptors (Lipinski definition) is 6. The molecule has 0 amide bonds. The molecule has 1 aromatic rings. The number of furan rings is 1. The van der Waals surface area contributed by atoms with Crippen molar-refractivity contribution in [3.63, 3.8) is 0 Å². The molecule has 0 aromatic carbocycles. The van der Waals surface area contributed by atoms with Crippen molar-refractivity contribution in [2.24, 2.45) is 11.8 Å². The summed E-state index contributed by atoms with van der Waals surface area (Å²) in [5.74, 6) is 1.98. The quantitative estimate of drug-likeness (QED) is 0.586. The number of carbonyl (C=O) groups excluding carboxylic acids is 1. The molecule has 2 aliphatic rings. The van der Waals surface area contributed by atoms with Gasteiger partial charge in [0.2, 0.25) is 0 Å². The first-order valence-electron chi connectivity index (χ1n) is 7.68. The van der Waals surface area contributed by atoms with Crippen molar-refractivity contribution in [3.05, 3.63) is 28.0 Å². The molecule has 2 saturated heterocycles. The standard InChI is InChI=1S/C15H21N3O4/c1-11(19)4-5-16-6-12-8-17(9-13(12)7-16)10-14-2-3-15(22-14)18(20)21/h2-3,12-13H,4-10H2,1H3. The van der Waals surface area contributed by atoms with E-state index in [1.165, 1.54) is 6.07 Å². The Kier molecular flexibility index (Phi) is 4.26. The summed E-state index contributed by atoms with van der Waals surface area (Å²) in [7, 11) is 0. The molecule has 2 atom stereocenters. The predicted octanol–water partition coefficient (Wildman–Crippen LogP) is 1.53. The van der Waals surface area contributed by atoms with Crippen molar-refractivity contribution in [1.82, 2.24) is 9.80 Å². The first-order valence-corrected chi connectivity index (χ1v) is 7.68. The van der Waals surface area contributed by atoms with E-state index in [1.807, 2.05) is 0 Å². The third-order valence-corrected chi connectivity index (χ3v) is 4.62. The number of rotatable bonds is 6. The van der Waals surface area contributed by atoms with Gasteiger partial charge >= 0.3 is 5.88 Å². The fourth-order valence-corrected chi connectivity index (χ4v) is 3.58. The zero-order valence-corrected chi connectivity index (χ0v) is 12.7. The number of fused-ring (bicyclic) bond motifs is 1. The summed E-state index contributed by atoms with van der Waals surface area (Å²) in [4.78, 5) is 25.9. The lowest BCUT2D eigenvalue weighted by molar-refractivity contribution is -0.402. The van der Waals surface area contributed by atoms with Gasteiger partial charge in [0, 0.05) is 39.1 Å². The zero-order valence-electron chi connectivity index (χ0n) is 12.7. The Morgan fingerprint density at radius 2 is 1.91 bits per heavy atom. The van der Waals surface area contributed by atoms with Gasteiger partial charge < -0.3 is 9.32 Å². The summed E-state index contributed by atoms with van der Waals surface area (Å²) in [6.45, 7) is 7.23. The van der Waals surface area contributed by atoms with Gasteiger partial charge in [-0.15, -0.1) is 0 Å². The average molecular weight is 307 g/mol. The molecule has 0 aliphatic carbocycles. The largest absolute Gasteiger partial charge is 0.433 e. The SMILES string of the molecule is CC(=O)CCN1CC2CN(Cc3ccc([N+](=O)[O-])o3)CC2C1. The molecule has 2 unspecified atom stereocenters. The fraction of sp³-hybridized carbons (Fsp3) is 0.667. The normalized spacial score (nSPS) is 25.5. The molecular formula is C15H21N3O4. The Morgan fingerprint density at radius 1 is 1.27 bits per heavy atom. The Morgan fingerprint density at radius 3 is 2.45 bits per heavy atom. The minimum atomic E-state index is -0.505. The predicted molar refractivity (Wildman–Crippen MR) is 79.4 cm³/mol. The first-order chi connectivity index (χ1) is 10.5. The Balaban J connectivity index is 1.48.